The molecule has 8 heteroatoms. The number of carbonyl (C=O) groups is 1. The minimum Gasteiger partial charge on any atom is -0.470 e. The number of benzene rings is 1. The number of anilines is 2. The second kappa shape index (κ2) is 8.57. The zero-order valence-electron chi connectivity index (χ0n) is 16.2. The van der Waals surface area contributed by atoms with Crippen LogP contribution in [0, 0.1) is 5.92 Å². The lowest BCUT2D eigenvalue weighted by molar-refractivity contribution is 0.101. The summed E-state index contributed by atoms with van der Waals surface area (Å²) in [5, 5.41) is 0.681. The number of thiazole rings is 1. The molecule has 0 bridgehead atoms. The van der Waals surface area contributed by atoms with Gasteiger partial charge in [-0.15, -0.1) is 0 Å². The zero-order chi connectivity index (χ0) is 20.2. The van der Waals surface area contributed by atoms with E-state index >= 15 is 0 Å². The van der Waals surface area contributed by atoms with E-state index < -0.39 is 0 Å². The maximum atomic E-state index is 11.4. The Kier molecular flexibility index (Phi) is 5.71. The van der Waals surface area contributed by atoms with Gasteiger partial charge in [-0.05, 0) is 31.2 Å². The Bertz CT molecular complexity index is 963. The van der Waals surface area contributed by atoms with Gasteiger partial charge < -0.3 is 15.4 Å². The van der Waals surface area contributed by atoms with Crippen LogP contribution in [0.5, 0.6) is 5.19 Å². The summed E-state index contributed by atoms with van der Waals surface area (Å²) in [6.45, 7) is 4.04. The van der Waals surface area contributed by atoms with Crippen molar-refractivity contribution in [3.8, 4) is 15.6 Å². The third-order valence-electron chi connectivity index (χ3n) is 5.06. The van der Waals surface area contributed by atoms with Gasteiger partial charge in [-0.25, -0.2) is 15.0 Å². The van der Waals surface area contributed by atoms with E-state index in [9.17, 15) is 4.79 Å². The number of nitrogen functional groups attached to an aromatic ring is 1. The first-order chi connectivity index (χ1) is 14.1. The lowest BCUT2D eigenvalue weighted by Crippen LogP contribution is -2.36. The van der Waals surface area contributed by atoms with Gasteiger partial charge in [-0.1, -0.05) is 35.6 Å². The molecule has 1 aliphatic heterocycles. The average Bonchev–Trinajstić information content (AvgIpc) is 3.22. The Balaban J connectivity index is 1.28. The number of rotatable bonds is 6. The Labute approximate surface area is 173 Å². The van der Waals surface area contributed by atoms with Crippen molar-refractivity contribution in [3.05, 3.63) is 48.4 Å². The molecule has 29 heavy (non-hydrogen) atoms. The molecule has 0 atom stereocenters. The fraction of sp³-hybridized carbons (Fsp3) is 0.333. The number of hydrogen-bond donors (Lipinski definition) is 1. The Morgan fingerprint density at radius 2 is 1.83 bits per heavy atom. The summed E-state index contributed by atoms with van der Waals surface area (Å²) in [4.78, 5) is 27.6. The first-order valence-corrected chi connectivity index (χ1v) is 10.4. The van der Waals surface area contributed by atoms with Gasteiger partial charge in [-0.3, -0.25) is 4.79 Å². The number of ether oxygens (including phenoxy) is 1. The predicted octanol–water partition coefficient (Wildman–Crippen LogP) is 3.68. The van der Waals surface area contributed by atoms with Gasteiger partial charge in [0.05, 0.1) is 29.6 Å². The quantitative estimate of drug-likeness (QED) is 0.621. The summed E-state index contributed by atoms with van der Waals surface area (Å²) in [6.07, 6.45) is 7.16. The molecule has 1 fully saturated rings. The van der Waals surface area contributed by atoms with Gasteiger partial charge in [0.1, 0.15) is 0 Å². The minimum atomic E-state index is 0.0684. The monoisotopic (exact) mass is 409 g/mol. The van der Waals surface area contributed by atoms with Crippen LogP contribution in [0.2, 0.25) is 0 Å². The van der Waals surface area contributed by atoms with Crippen LogP contribution in [-0.4, -0.2) is 40.4 Å². The van der Waals surface area contributed by atoms with Crippen LogP contribution in [-0.2, 0) is 0 Å². The molecule has 0 radical (unpaired) electrons. The molecule has 3 aromatic rings. The van der Waals surface area contributed by atoms with Crippen LogP contribution >= 0.6 is 11.3 Å². The topological polar surface area (TPSA) is 94.2 Å². The molecule has 1 aromatic carbocycles. The number of nitrogens with two attached hydrogens (primary N) is 1. The van der Waals surface area contributed by atoms with Crippen molar-refractivity contribution in [1.82, 2.24) is 15.0 Å². The highest BCUT2D eigenvalue weighted by atomic mass is 32.1. The average molecular weight is 410 g/mol. The van der Waals surface area contributed by atoms with Gasteiger partial charge in [0.2, 0.25) is 5.95 Å². The maximum absolute atomic E-state index is 11.4. The van der Waals surface area contributed by atoms with Crippen LogP contribution in [0.1, 0.15) is 30.1 Å². The molecule has 4 rings (SSSR count). The summed E-state index contributed by atoms with van der Waals surface area (Å²) in [7, 11) is 0. The molecule has 2 N–H and O–H groups in total. The van der Waals surface area contributed by atoms with E-state index in [1.807, 2.05) is 30.5 Å². The lowest BCUT2D eigenvalue weighted by atomic mass is 9.98. The molecule has 1 saturated heterocycles. The number of Topliss-reactive ketones (excluding diaryl/α,β-unsaturated/α-hetero) is 1. The van der Waals surface area contributed by atoms with Crippen molar-refractivity contribution < 1.29 is 9.53 Å². The Morgan fingerprint density at radius 1 is 1.14 bits per heavy atom. The van der Waals surface area contributed by atoms with E-state index in [0.717, 1.165) is 42.3 Å². The highest BCUT2D eigenvalue weighted by Gasteiger charge is 2.22. The second-order valence-corrected chi connectivity index (χ2v) is 8.17. The van der Waals surface area contributed by atoms with Gasteiger partial charge >= 0.3 is 0 Å². The molecular weight excluding hydrogens is 386 g/mol. The summed E-state index contributed by atoms with van der Waals surface area (Å²) in [5.74, 6) is 1.29. The second-order valence-electron chi connectivity index (χ2n) is 7.18. The van der Waals surface area contributed by atoms with Crippen LogP contribution < -0.4 is 15.4 Å². The van der Waals surface area contributed by atoms with Crippen LogP contribution in [0.4, 0.5) is 11.6 Å². The highest BCUT2D eigenvalue weighted by molar-refractivity contribution is 7.16. The number of ketones is 1. The van der Waals surface area contributed by atoms with Gasteiger partial charge in [0.15, 0.2) is 5.78 Å². The van der Waals surface area contributed by atoms with Crippen LogP contribution in [0.25, 0.3) is 10.4 Å². The van der Waals surface area contributed by atoms with E-state index in [-0.39, 0.29) is 5.78 Å². The van der Waals surface area contributed by atoms with E-state index in [0.29, 0.717) is 29.0 Å². The molecule has 7 nitrogen and oxygen atoms in total. The summed E-state index contributed by atoms with van der Waals surface area (Å²) < 4.78 is 5.95. The van der Waals surface area contributed by atoms with Crippen LogP contribution in [0.3, 0.4) is 0 Å². The number of aromatic nitrogens is 3. The molecular formula is C21H23N5O2S. The molecule has 3 heterocycles. The first-order valence-electron chi connectivity index (χ1n) is 9.61. The number of hydrogen-bond acceptors (Lipinski definition) is 8. The molecule has 0 unspecified atom stereocenters. The number of carbonyl (C=O) groups excluding carboxylic acids is 1. The summed E-state index contributed by atoms with van der Waals surface area (Å²) in [5.41, 5.74) is 7.98. The molecule has 1 aliphatic rings. The number of piperidine rings is 1. The van der Waals surface area contributed by atoms with E-state index in [2.05, 4.69) is 19.9 Å². The predicted molar refractivity (Wildman–Crippen MR) is 114 cm³/mol. The van der Waals surface area contributed by atoms with E-state index in [1.54, 1.807) is 19.3 Å². The molecule has 2 aromatic heterocycles. The van der Waals surface area contributed by atoms with Crippen molar-refractivity contribution in [1.29, 1.82) is 0 Å². The van der Waals surface area contributed by atoms with E-state index in [1.165, 1.54) is 11.3 Å². The van der Waals surface area contributed by atoms with Crippen molar-refractivity contribution in [2.45, 2.75) is 19.8 Å². The summed E-state index contributed by atoms with van der Waals surface area (Å²) in [6, 6.07) is 7.58. The standard InChI is InChI=1S/C21H23N5O2S/c1-14(27)16-2-4-17(5-3-16)19-12-25-21(29-19)28-13-15-6-8-26(9-7-15)20-23-10-18(22)11-24-20/h2-5,10-12,15H,6-9,13,22H2,1H3. The number of nitrogens with zero attached hydrogens (tertiary/aromatic N) is 4. The fourth-order valence-corrected chi connectivity index (χ4v) is 4.09. The van der Waals surface area contributed by atoms with Crippen molar-refractivity contribution in [2.75, 3.05) is 30.3 Å². The molecule has 0 saturated carbocycles. The Morgan fingerprint density at radius 3 is 2.48 bits per heavy atom. The normalized spacial score (nSPS) is 14.7. The van der Waals surface area contributed by atoms with Gasteiger partial charge in [0.25, 0.3) is 5.19 Å². The molecule has 150 valence electrons. The minimum absolute atomic E-state index is 0.0684. The Hall–Kier alpha value is -3.00. The third-order valence-corrected chi connectivity index (χ3v) is 6.02. The SMILES string of the molecule is CC(=O)c1ccc(-c2cnc(OCC3CCN(c4ncc(N)cn4)CC3)s2)cc1. The fourth-order valence-electron chi connectivity index (χ4n) is 3.31. The maximum Gasteiger partial charge on any atom is 0.273 e. The molecule has 0 aliphatic carbocycles. The molecule has 0 spiro atoms. The van der Waals surface area contributed by atoms with Crippen LogP contribution in [0.15, 0.2) is 42.9 Å². The van der Waals surface area contributed by atoms with Crippen molar-refractivity contribution in [2.24, 2.45) is 5.92 Å². The van der Waals surface area contributed by atoms with Crippen molar-refractivity contribution >= 4 is 28.8 Å². The third kappa shape index (κ3) is 4.71. The lowest BCUT2D eigenvalue weighted by Gasteiger charge is -2.31. The highest BCUT2D eigenvalue weighted by Crippen LogP contribution is 2.31. The molecule has 0 amide bonds. The largest absolute Gasteiger partial charge is 0.470 e. The summed E-state index contributed by atoms with van der Waals surface area (Å²) >= 11 is 1.53. The van der Waals surface area contributed by atoms with Crippen molar-refractivity contribution in [3.63, 3.8) is 0 Å². The first kappa shape index (κ1) is 19.3. The zero-order valence-corrected chi connectivity index (χ0v) is 17.1. The van der Waals surface area contributed by atoms with Gasteiger partial charge in [0, 0.05) is 24.8 Å². The van der Waals surface area contributed by atoms with Gasteiger partial charge in [-0.2, -0.15) is 0 Å². The smallest absolute Gasteiger partial charge is 0.273 e. The van der Waals surface area contributed by atoms with E-state index in [4.69, 9.17) is 10.5 Å².